The molecule has 3 N–H and O–H groups in total. The van der Waals surface area contributed by atoms with Crippen molar-refractivity contribution in [3.05, 3.63) is 69.2 Å². The SMILES string of the molecule is CC(C)(C)NC(=O)C1(C2CCCCC2)CCN(NC(=O)[C@@H](Cc2ccc(Cl)cc2)NS(=O)(=O)c2ccccc2[N+](=O)[O-])CC1. The molecule has 0 aromatic heterocycles. The Morgan fingerprint density at radius 3 is 2.25 bits per heavy atom. The van der Waals surface area contributed by atoms with Gasteiger partial charge in [0.1, 0.15) is 6.04 Å². The lowest BCUT2D eigenvalue weighted by molar-refractivity contribution is -0.387. The van der Waals surface area contributed by atoms with Crippen molar-refractivity contribution in [2.45, 2.75) is 88.6 Å². The third-order valence-electron chi connectivity index (χ3n) is 8.57. The van der Waals surface area contributed by atoms with Crippen LogP contribution in [0.2, 0.25) is 5.02 Å². The number of carbonyl (C=O) groups excluding carboxylic acids is 2. The van der Waals surface area contributed by atoms with Crippen molar-refractivity contribution in [3.63, 3.8) is 0 Å². The predicted octanol–water partition coefficient (Wildman–Crippen LogP) is 4.75. The molecule has 44 heavy (non-hydrogen) atoms. The molecule has 0 radical (unpaired) electrons. The smallest absolute Gasteiger partial charge is 0.289 e. The Balaban J connectivity index is 1.53. The van der Waals surface area contributed by atoms with Crippen LogP contribution < -0.4 is 15.5 Å². The van der Waals surface area contributed by atoms with Gasteiger partial charge in [-0.25, -0.2) is 13.4 Å². The van der Waals surface area contributed by atoms with Crippen molar-refractivity contribution in [3.8, 4) is 0 Å². The summed E-state index contributed by atoms with van der Waals surface area (Å²) in [7, 11) is -4.46. The molecule has 1 aliphatic carbocycles. The fourth-order valence-electron chi connectivity index (χ4n) is 6.32. The van der Waals surface area contributed by atoms with Crippen LogP contribution in [0.5, 0.6) is 0 Å². The molecule has 2 fully saturated rings. The summed E-state index contributed by atoms with van der Waals surface area (Å²) in [4.78, 5) is 37.6. The summed E-state index contributed by atoms with van der Waals surface area (Å²) in [5.41, 5.74) is 2.02. The van der Waals surface area contributed by atoms with Gasteiger partial charge in [0.25, 0.3) is 11.6 Å². The second kappa shape index (κ2) is 13.9. The number of nitrogens with zero attached hydrogens (tertiary/aromatic N) is 2. The van der Waals surface area contributed by atoms with Crippen LogP contribution in [0, 0.1) is 21.4 Å². The number of nitro groups is 1. The van der Waals surface area contributed by atoms with Crippen LogP contribution in [0.1, 0.15) is 71.3 Å². The summed E-state index contributed by atoms with van der Waals surface area (Å²) >= 11 is 6.02. The fourth-order valence-corrected chi connectivity index (χ4v) is 7.82. The average molecular weight is 648 g/mol. The van der Waals surface area contributed by atoms with Gasteiger partial charge in [0.05, 0.1) is 10.3 Å². The second-order valence-corrected chi connectivity index (χ2v) is 15.0. The highest BCUT2D eigenvalue weighted by Crippen LogP contribution is 2.46. The number of benzene rings is 2. The number of piperidine rings is 1. The van der Waals surface area contributed by atoms with Crippen molar-refractivity contribution in [1.29, 1.82) is 0 Å². The van der Waals surface area contributed by atoms with Gasteiger partial charge in [-0.05, 0) is 82.6 Å². The third kappa shape index (κ3) is 8.35. The molecule has 2 aromatic rings. The second-order valence-electron chi connectivity index (χ2n) is 12.9. The number of nitrogens with one attached hydrogen (secondary N) is 3. The number of hydrogen-bond acceptors (Lipinski definition) is 7. The quantitative estimate of drug-likeness (QED) is 0.249. The third-order valence-corrected chi connectivity index (χ3v) is 10.3. The van der Waals surface area contributed by atoms with Crippen molar-refractivity contribution in [2.24, 2.45) is 11.3 Å². The number of amides is 2. The van der Waals surface area contributed by atoms with Gasteiger partial charge in [0, 0.05) is 29.7 Å². The number of hydrogen-bond donors (Lipinski definition) is 3. The Bertz CT molecular complexity index is 1450. The molecular formula is C31H42ClN5O6S. The van der Waals surface area contributed by atoms with Crippen LogP contribution in [0.15, 0.2) is 53.4 Å². The van der Waals surface area contributed by atoms with Gasteiger partial charge in [-0.2, -0.15) is 4.72 Å². The number of para-hydroxylation sites is 1. The molecule has 0 unspecified atom stereocenters. The van der Waals surface area contributed by atoms with Crippen molar-refractivity contribution in [2.75, 3.05) is 13.1 Å². The molecule has 1 aliphatic heterocycles. The largest absolute Gasteiger partial charge is 0.351 e. The highest BCUT2D eigenvalue weighted by molar-refractivity contribution is 7.89. The zero-order chi connectivity index (χ0) is 32.1. The van der Waals surface area contributed by atoms with Gasteiger partial charge in [0.15, 0.2) is 4.90 Å². The van der Waals surface area contributed by atoms with Crippen molar-refractivity contribution < 1.29 is 22.9 Å². The molecule has 13 heteroatoms. The van der Waals surface area contributed by atoms with Gasteiger partial charge in [-0.3, -0.25) is 25.1 Å². The van der Waals surface area contributed by atoms with E-state index < -0.39 is 42.9 Å². The van der Waals surface area contributed by atoms with Gasteiger partial charge < -0.3 is 5.32 Å². The van der Waals surface area contributed by atoms with E-state index in [0.717, 1.165) is 37.8 Å². The van der Waals surface area contributed by atoms with E-state index in [4.69, 9.17) is 11.6 Å². The first-order valence-electron chi connectivity index (χ1n) is 15.1. The van der Waals surface area contributed by atoms with Crippen LogP contribution >= 0.6 is 11.6 Å². The minimum absolute atomic E-state index is 0.0172. The van der Waals surface area contributed by atoms with Gasteiger partial charge in [-0.1, -0.05) is 55.1 Å². The highest BCUT2D eigenvalue weighted by atomic mass is 35.5. The Hall–Kier alpha value is -3.06. The van der Waals surface area contributed by atoms with Gasteiger partial charge >= 0.3 is 0 Å². The predicted molar refractivity (Wildman–Crippen MR) is 168 cm³/mol. The average Bonchev–Trinajstić information content (AvgIpc) is 2.98. The maximum Gasteiger partial charge on any atom is 0.289 e. The molecule has 2 aliphatic rings. The summed E-state index contributed by atoms with van der Waals surface area (Å²) in [5.74, 6) is -0.283. The molecule has 2 aromatic carbocycles. The maximum atomic E-state index is 13.7. The van der Waals surface area contributed by atoms with Crippen LogP contribution in [-0.4, -0.2) is 54.8 Å². The van der Waals surface area contributed by atoms with E-state index >= 15 is 0 Å². The first kappa shape index (κ1) is 33.8. The molecule has 240 valence electrons. The van der Waals surface area contributed by atoms with E-state index in [9.17, 15) is 28.1 Å². The van der Waals surface area contributed by atoms with E-state index in [1.807, 2.05) is 20.8 Å². The fraction of sp³-hybridized carbons (Fsp3) is 0.548. The number of rotatable bonds is 10. The minimum Gasteiger partial charge on any atom is -0.351 e. The maximum absolute atomic E-state index is 13.7. The molecule has 0 bridgehead atoms. The van der Waals surface area contributed by atoms with Crippen LogP contribution in [0.25, 0.3) is 0 Å². The number of hydrazine groups is 1. The van der Waals surface area contributed by atoms with Gasteiger partial charge in [-0.15, -0.1) is 0 Å². The summed E-state index contributed by atoms with van der Waals surface area (Å²) in [6.07, 6.45) is 6.47. The molecule has 4 rings (SSSR count). The Kier molecular flexibility index (Phi) is 10.7. The number of carbonyl (C=O) groups is 2. The van der Waals surface area contributed by atoms with Crippen LogP contribution in [-0.2, 0) is 26.0 Å². The lowest BCUT2D eigenvalue weighted by Crippen LogP contribution is -2.60. The molecule has 1 saturated heterocycles. The Morgan fingerprint density at radius 1 is 1.05 bits per heavy atom. The number of sulfonamides is 1. The standard InChI is InChI=1S/C31H42ClN5O6S/c1-30(2,3)33-29(39)31(23-9-5-4-6-10-23)17-19-36(20-18-31)34-28(38)25(21-22-13-15-24(32)16-14-22)35-44(42,43)27-12-8-7-11-26(27)37(40)41/h7-8,11-16,23,25,35H,4-6,9-10,17-21H2,1-3H3,(H,33,39)(H,34,38)/t25-/m1/s1. The lowest BCUT2D eigenvalue weighted by Gasteiger charge is -2.47. The monoisotopic (exact) mass is 647 g/mol. The zero-order valence-corrected chi connectivity index (χ0v) is 27.0. The van der Waals surface area contributed by atoms with Crippen LogP contribution in [0.4, 0.5) is 5.69 Å². The molecule has 2 amide bonds. The van der Waals surface area contributed by atoms with Crippen LogP contribution in [0.3, 0.4) is 0 Å². The van der Waals surface area contributed by atoms with E-state index in [1.165, 1.54) is 18.6 Å². The zero-order valence-electron chi connectivity index (χ0n) is 25.5. The number of halogens is 1. The Labute approximate surface area is 264 Å². The van der Waals surface area contributed by atoms with E-state index in [-0.39, 0.29) is 23.8 Å². The molecule has 11 nitrogen and oxygen atoms in total. The summed E-state index contributed by atoms with van der Waals surface area (Å²) in [5, 5.41) is 17.0. The summed E-state index contributed by atoms with van der Waals surface area (Å²) < 4.78 is 29.2. The van der Waals surface area contributed by atoms with E-state index in [1.54, 1.807) is 29.3 Å². The number of nitro benzene ring substituents is 1. The molecule has 1 heterocycles. The summed E-state index contributed by atoms with van der Waals surface area (Å²) in [6, 6.07) is 10.4. The molecule has 0 spiro atoms. The lowest BCUT2D eigenvalue weighted by atomic mass is 9.63. The first-order valence-corrected chi connectivity index (χ1v) is 16.9. The molecule has 1 atom stereocenters. The van der Waals surface area contributed by atoms with E-state index in [0.29, 0.717) is 36.5 Å². The highest BCUT2D eigenvalue weighted by Gasteiger charge is 2.48. The van der Waals surface area contributed by atoms with Crippen molar-refractivity contribution in [1.82, 2.24) is 20.5 Å². The topological polar surface area (TPSA) is 151 Å². The normalized spacial score (nSPS) is 18.7. The summed E-state index contributed by atoms with van der Waals surface area (Å²) in [6.45, 7) is 6.76. The van der Waals surface area contributed by atoms with Gasteiger partial charge in [0.2, 0.25) is 15.9 Å². The first-order chi connectivity index (χ1) is 20.7. The molecular weight excluding hydrogens is 606 g/mol. The van der Waals surface area contributed by atoms with Crippen molar-refractivity contribution >= 4 is 39.1 Å². The molecule has 1 saturated carbocycles. The van der Waals surface area contributed by atoms with E-state index in [2.05, 4.69) is 15.5 Å². The Morgan fingerprint density at radius 2 is 1.66 bits per heavy atom. The minimum atomic E-state index is -4.46.